The van der Waals surface area contributed by atoms with Gasteiger partial charge >= 0.3 is 5.91 Å². The zero-order valence-electron chi connectivity index (χ0n) is 22.6. The lowest BCUT2D eigenvalue weighted by Crippen LogP contribution is -2.43. The van der Waals surface area contributed by atoms with Crippen LogP contribution in [0.1, 0.15) is 47.4 Å². The van der Waals surface area contributed by atoms with E-state index in [4.69, 9.17) is 4.74 Å². The Kier molecular flexibility index (Phi) is 7.89. The lowest BCUT2D eigenvalue weighted by Gasteiger charge is -2.38. The van der Waals surface area contributed by atoms with E-state index in [1.807, 2.05) is 31.2 Å². The van der Waals surface area contributed by atoms with Gasteiger partial charge in [-0.15, -0.1) is 11.8 Å². The number of nitrogens with one attached hydrogen (secondary N) is 3. The zero-order chi connectivity index (χ0) is 27.5. The number of carbonyl (C=O) groups excluding carboxylic acids is 2. The molecule has 5 rings (SSSR count). The van der Waals surface area contributed by atoms with E-state index in [2.05, 4.69) is 59.5 Å². The van der Waals surface area contributed by atoms with Crippen molar-refractivity contribution < 1.29 is 19.3 Å². The number of aromatic amines is 1. The van der Waals surface area contributed by atoms with E-state index in [9.17, 15) is 9.59 Å². The average molecular weight is 541 g/mol. The molecule has 3 aromatic rings. The van der Waals surface area contributed by atoms with Gasteiger partial charge in [0.2, 0.25) is 0 Å². The molecule has 200 valence electrons. The van der Waals surface area contributed by atoms with Crippen molar-refractivity contribution in [1.82, 2.24) is 5.32 Å². The minimum Gasteiger partial charge on any atom is -0.496 e. The second-order valence-corrected chi connectivity index (χ2v) is 11.2. The first kappa shape index (κ1) is 26.8. The summed E-state index contributed by atoms with van der Waals surface area (Å²) in [5.74, 6) is 0.886. The van der Waals surface area contributed by atoms with E-state index in [1.54, 1.807) is 25.1 Å². The van der Waals surface area contributed by atoms with E-state index in [0.29, 0.717) is 29.3 Å². The van der Waals surface area contributed by atoms with Crippen molar-refractivity contribution in [2.24, 2.45) is 5.92 Å². The van der Waals surface area contributed by atoms with Gasteiger partial charge in [0.25, 0.3) is 5.82 Å². The van der Waals surface area contributed by atoms with E-state index in [0.717, 1.165) is 41.0 Å². The Bertz CT molecular complexity index is 1460. The highest BCUT2D eigenvalue weighted by Crippen LogP contribution is 2.45. The van der Waals surface area contributed by atoms with Crippen molar-refractivity contribution in [3.8, 4) is 5.75 Å². The molecule has 0 radical (unpaired) electrons. The summed E-state index contributed by atoms with van der Waals surface area (Å²) in [6.45, 7) is 8.27. The SMILES string of the molecule is C=C1NC2=C(C(=O)CCC2)C(c2ccc(OC)c(CSc3ccc(C)cc3)c2)C1C(=O)Nc1[nH+]cccc1C. The number of carbonyl (C=O) groups is 2. The summed E-state index contributed by atoms with van der Waals surface area (Å²) < 4.78 is 5.70. The number of benzene rings is 2. The van der Waals surface area contributed by atoms with Crippen LogP contribution in [0.15, 0.2) is 89.2 Å². The van der Waals surface area contributed by atoms with Gasteiger partial charge in [0.05, 0.1) is 13.3 Å². The van der Waals surface area contributed by atoms with Crippen LogP contribution in [0.25, 0.3) is 0 Å². The Morgan fingerprint density at radius 2 is 1.95 bits per heavy atom. The summed E-state index contributed by atoms with van der Waals surface area (Å²) in [6, 6.07) is 18.3. The molecular formula is C32H34N3O3S+. The van der Waals surface area contributed by atoms with Gasteiger partial charge in [-0.05, 0) is 62.6 Å². The van der Waals surface area contributed by atoms with E-state index >= 15 is 0 Å². The number of Topliss-reactive ketones (excluding diaryl/α,β-unsaturated/α-hetero) is 1. The molecule has 0 saturated heterocycles. The van der Waals surface area contributed by atoms with Gasteiger partial charge in [-0.2, -0.15) is 0 Å². The number of anilines is 1. The maximum atomic E-state index is 13.8. The Balaban J connectivity index is 1.54. The summed E-state index contributed by atoms with van der Waals surface area (Å²) in [7, 11) is 1.67. The predicted octanol–water partition coefficient (Wildman–Crippen LogP) is 5.88. The molecule has 2 aliphatic rings. The van der Waals surface area contributed by atoms with E-state index in [1.165, 1.54) is 10.5 Å². The molecule has 0 bridgehead atoms. The molecule has 0 spiro atoms. The molecule has 2 atom stereocenters. The maximum Gasteiger partial charge on any atom is 0.317 e. The minimum absolute atomic E-state index is 0.0907. The molecule has 2 heterocycles. The van der Waals surface area contributed by atoms with Crippen LogP contribution in [0.4, 0.5) is 5.82 Å². The predicted molar refractivity (Wildman–Crippen MR) is 154 cm³/mol. The van der Waals surface area contributed by atoms with Crippen LogP contribution < -0.4 is 20.4 Å². The number of allylic oxidation sites excluding steroid dienone is 2. The lowest BCUT2D eigenvalue weighted by molar-refractivity contribution is -0.361. The average Bonchev–Trinajstić information content (AvgIpc) is 2.93. The van der Waals surface area contributed by atoms with Crippen molar-refractivity contribution in [3.05, 3.63) is 107 Å². The molecule has 2 aromatic carbocycles. The molecule has 1 aliphatic heterocycles. The smallest absolute Gasteiger partial charge is 0.317 e. The third-order valence-corrected chi connectivity index (χ3v) is 8.52. The second-order valence-electron chi connectivity index (χ2n) is 10.2. The molecule has 7 heteroatoms. The number of methoxy groups -OCH3 is 1. The van der Waals surface area contributed by atoms with Crippen LogP contribution in [-0.4, -0.2) is 18.8 Å². The van der Waals surface area contributed by atoms with E-state index in [-0.39, 0.29) is 11.7 Å². The maximum absolute atomic E-state index is 13.8. The summed E-state index contributed by atoms with van der Waals surface area (Å²) in [6.07, 6.45) is 3.82. The number of hydrogen-bond acceptors (Lipinski definition) is 5. The van der Waals surface area contributed by atoms with Crippen LogP contribution in [-0.2, 0) is 15.3 Å². The number of rotatable bonds is 7. The van der Waals surface area contributed by atoms with Gasteiger partial charge in [0.15, 0.2) is 5.78 Å². The molecule has 1 amide bonds. The van der Waals surface area contributed by atoms with Gasteiger partial charge in [-0.25, -0.2) is 15.1 Å². The number of aryl methyl sites for hydroxylation is 2. The van der Waals surface area contributed by atoms with Gasteiger partial charge in [-0.3, -0.25) is 4.79 Å². The molecule has 6 nitrogen and oxygen atoms in total. The largest absolute Gasteiger partial charge is 0.496 e. The number of pyridine rings is 1. The number of amides is 1. The first-order chi connectivity index (χ1) is 18.9. The normalized spacial score (nSPS) is 18.8. The fourth-order valence-electron chi connectivity index (χ4n) is 5.42. The second kappa shape index (κ2) is 11.5. The van der Waals surface area contributed by atoms with Gasteiger partial charge in [0.1, 0.15) is 11.7 Å². The Hall–Kier alpha value is -3.84. The molecule has 0 fully saturated rings. The van der Waals surface area contributed by atoms with Gasteiger partial charge in [0, 0.05) is 51.1 Å². The lowest BCUT2D eigenvalue weighted by atomic mass is 9.71. The van der Waals surface area contributed by atoms with Crippen molar-refractivity contribution in [2.75, 3.05) is 12.4 Å². The summed E-state index contributed by atoms with van der Waals surface area (Å²) in [4.78, 5) is 31.5. The number of ketones is 1. The van der Waals surface area contributed by atoms with Crippen LogP contribution in [0, 0.1) is 19.8 Å². The summed E-state index contributed by atoms with van der Waals surface area (Å²) in [5, 5.41) is 6.38. The molecule has 2 unspecified atom stereocenters. The monoisotopic (exact) mass is 540 g/mol. The highest BCUT2D eigenvalue weighted by molar-refractivity contribution is 7.98. The van der Waals surface area contributed by atoms with Crippen LogP contribution in [0.3, 0.4) is 0 Å². The molecule has 39 heavy (non-hydrogen) atoms. The number of hydrogen-bond donors (Lipinski definition) is 2. The van der Waals surface area contributed by atoms with E-state index < -0.39 is 11.8 Å². The highest BCUT2D eigenvalue weighted by atomic mass is 32.2. The fraction of sp³-hybridized carbons (Fsp3) is 0.281. The van der Waals surface area contributed by atoms with Crippen LogP contribution >= 0.6 is 11.8 Å². The minimum atomic E-state index is -0.662. The fourth-order valence-corrected chi connectivity index (χ4v) is 6.30. The molecule has 0 saturated carbocycles. The zero-order valence-corrected chi connectivity index (χ0v) is 23.4. The molecule has 1 aromatic heterocycles. The quantitative estimate of drug-likeness (QED) is 0.366. The topological polar surface area (TPSA) is 81.6 Å². The van der Waals surface area contributed by atoms with Crippen molar-refractivity contribution in [3.63, 3.8) is 0 Å². The van der Waals surface area contributed by atoms with Crippen LogP contribution in [0.2, 0.25) is 0 Å². The van der Waals surface area contributed by atoms with Crippen molar-refractivity contribution in [1.29, 1.82) is 0 Å². The molecule has 3 N–H and O–H groups in total. The van der Waals surface area contributed by atoms with Crippen molar-refractivity contribution >= 4 is 29.3 Å². The summed E-state index contributed by atoms with van der Waals surface area (Å²) in [5.41, 5.74) is 6.26. The Morgan fingerprint density at radius 1 is 1.15 bits per heavy atom. The van der Waals surface area contributed by atoms with Gasteiger partial charge < -0.3 is 10.1 Å². The summed E-state index contributed by atoms with van der Waals surface area (Å²) >= 11 is 1.73. The molecule has 1 aliphatic carbocycles. The molecular weight excluding hydrogens is 506 g/mol. The number of ether oxygens (including phenoxy) is 1. The first-order valence-corrected chi connectivity index (χ1v) is 14.2. The number of thioether (sulfide) groups is 1. The Labute approximate surface area is 234 Å². The first-order valence-electron chi connectivity index (χ1n) is 13.2. The highest BCUT2D eigenvalue weighted by Gasteiger charge is 2.45. The standard InChI is InChI=1S/C32H33N3O3S/c1-19-10-13-24(14-11-19)39-18-23-17-22(12-15-27(23)38-4)29-28(32(37)35-31-20(2)7-6-16-33-31)21(3)34-25-8-5-9-26(36)30(25)29/h6-7,10-17,28-29,34H,3,5,8-9,18H2,1-2,4H3,(H,33,35,37)/p+1. The third kappa shape index (κ3) is 5.64. The number of aromatic nitrogens is 1. The van der Waals surface area contributed by atoms with Crippen molar-refractivity contribution in [2.45, 2.75) is 49.7 Å². The van der Waals surface area contributed by atoms with Gasteiger partial charge in [-0.1, -0.05) is 36.4 Å². The van der Waals surface area contributed by atoms with Crippen LogP contribution in [0.5, 0.6) is 5.75 Å². The Morgan fingerprint density at radius 3 is 2.69 bits per heavy atom. The third-order valence-electron chi connectivity index (χ3n) is 7.46. The number of H-pyrrole nitrogens is 1.